The van der Waals surface area contributed by atoms with Crippen LogP contribution in [0.1, 0.15) is 13.3 Å². The van der Waals surface area contributed by atoms with E-state index in [4.69, 9.17) is 9.84 Å². The highest BCUT2D eigenvalue weighted by atomic mass is 16.5. The molecule has 2 atom stereocenters. The van der Waals surface area contributed by atoms with Crippen LogP contribution in [0.4, 0.5) is 4.79 Å². The number of aliphatic carboxylic acids is 1. The molecule has 2 N–H and O–H groups in total. The number of hydrogen-bond donors (Lipinski definition) is 2. The van der Waals surface area contributed by atoms with Gasteiger partial charge in [0, 0.05) is 32.7 Å². The van der Waals surface area contributed by atoms with Crippen molar-refractivity contribution < 1.29 is 19.4 Å². The van der Waals surface area contributed by atoms with Crippen LogP contribution in [0.5, 0.6) is 0 Å². The molecule has 7 nitrogen and oxygen atoms in total. The predicted molar refractivity (Wildman–Crippen MR) is 77.1 cm³/mol. The van der Waals surface area contributed by atoms with Crippen LogP contribution in [0, 0.1) is 11.8 Å². The van der Waals surface area contributed by atoms with Crippen molar-refractivity contribution in [1.82, 2.24) is 15.1 Å². The Balaban J connectivity index is 1.62. The van der Waals surface area contributed by atoms with Gasteiger partial charge in [0.1, 0.15) is 0 Å². The number of carboxylic acid groups (broad SMARTS) is 1. The number of hydrogen-bond acceptors (Lipinski definition) is 4. The van der Waals surface area contributed by atoms with E-state index >= 15 is 0 Å². The van der Waals surface area contributed by atoms with E-state index in [1.807, 2.05) is 6.92 Å². The number of morpholine rings is 1. The molecular weight excluding hydrogens is 274 g/mol. The van der Waals surface area contributed by atoms with Gasteiger partial charge in [-0.15, -0.1) is 0 Å². The van der Waals surface area contributed by atoms with Crippen molar-refractivity contribution in [2.75, 3.05) is 52.5 Å². The number of carbonyl (C=O) groups is 2. The fraction of sp³-hybridized carbons (Fsp3) is 0.857. The molecule has 2 aliphatic heterocycles. The summed E-state index contributed by atoms with van der Waals surface area (Å²) >= 11 is 0. The summed E-state index contributed by atoms with van der Waals surface area (Å²) in [6.07, 6.45) is 0.900. The Hall–Kier alpha value is -1.34. The number of urea groups is 1. The maximum atomic E-state index is 12.0. The third-order valence-electron chi connectivity index (χ3n) is 4.25. The first-order valence-electron chi connectivity index (χ1n) is 7.63. The summed E-state index contributed by atoms with van der Waals surface area (Å²) in [4.78, 5) is 27.0. The summed E-state index contributed by atoms with van der Waals surface area (Å²) < 4.78 is 5.29. The van der Waals surface area contributed by atoms with Gasteiger partial charge in [0.05, 0.1) is 19.1 Å². The van der Waals surface area contributed by atoms with Crippen LogP contribution in [0.25, 0.3) is 0 Å². The van der Waals surface area contributed by atoms with Gasteiger partial charge >= 0.3 is 12.0 Å². The second-order valence-corrected chi connectivity index (χ2v) is 5.87. The summed E-state index contributed by atoms with van der Waals surface area (Å²) in [5, 5.41) is 11.9. The lowest BCUT2D eigenvalue weighted by molar-refractivity contribution is -0.142. The van der Waals surface area contributed by atoms with Gasteiger partial charge in [0.15, 0.2) is 0 Å². The molecule has 0 bridgehead atoms. The number of nitrogens with one attached hydrogen (secondary N) is 1. The maximum absolute atomic E-state index is 12.0. The molecule has 2 saturated heterocycles. The Labute approximate surface area is 125 Å². The number of likely N-dealkylation sites (tertiary alicyclic amines) is 1. The van der Waals surface area contributed by atoms with E-state index < -0.39 is 11.9 Å². The van der Waals surface area contributed by atoms with Gasteiger partial charge < -0.3 is 20.1 Å². The summed E-state index contributed by atoms with van der Waals surface area (Å²) in [5.74, 6) is -1.24. The molecule has 2 fully saturated rings. The zero-order valence-electron chi connectivity index (χ0n) is 12.6. The molecule has 7 heteroatoms. The first-order chi connectivity index (χ1) is 10.1. The maximum Gasteiger partial charge on any atom is 0.317 e. The lowest BCUT2D eigenvalue weighted by Gasteiger charge is -2.26. The number of ether oxygens (including phenoxy) is 1. The lowest BCUT2D eigenvalue weighted by atomic mass is 9.99. The molecule has 0 aromatic rings. The second-order valence-electron chi connectivity index (χ2n) is 5.87. The monoisotopic (exact) mass is 299 g/mol. The van der Waals surface area contributed by atoms with Crippen molar-refractivity contribution in [2.24, 2.45) is 11.8 Å². The fourth-order valence-corrected chi connectivity index (χ4v) is 2.89. The van der Waals surface area contributed by atoms with Crippen LogP contribution in [-0.2, 0) is 9.53 Å². The van der Waals surface area contributed by atoms with Crippen molar-refractivity contribution in [3.63, 3.8) is 0 Å². The SMILES string of the molecule is CC1CN(C(=O)NCCCN2CCOCC2)CC1C(=O)O. The minimum Gasteiger partial charge on any atom is -0.481 e. The number of amides is 2. The molecule has 0 saturated carbocycles. The molecule has 2 unspecified atom stereocenters. The molecule has 2 aliphatic rings. The van der Waals surface area contributed by atoms with E-state index in [1.165, 1.54) is 0 Å². The van der Waals surface area contributed by atoms with Crippen LogP contribution in [-0.4, -0.2) is 79.4 Å². The van der Waals surface area contributed by atoms with Crippen molar-refractivity contribution >= 4 is 12.0 Å². The number of carbonyl (C=O) groups excluding carboxylic acids is 1. The molecule has 0 spiro atoms. The zero-order chi connectivity index (χ0) is 15.2. The van der Waals surface area contributed by atoms with Crippen LogP contribution in [0.3, 0.4) is 0 Å². The highest BCUT2D eigenvalue weighted by Gasteiger charge is 2.36. The van der Waals surface area contributed by atoms with Gasteiger partial charge in [-0.1, -0.05) is 6.92 Å². The highest BCUT2D eigenvalue weighted by Crippen LogP contribution is 2.22. The number of nitrogens with zero attached hydrogens (tertiary/aromatic N) is 2. The highest BCUT2D eigenvalue weighted by molar-refractivity contribution is 5.77. The van der Waals surface area contributed by atoms with Gasteiger partial charge in [-0.05, 0) is 18.9 Å². The normalized spacial score (nSPS) is 26.8. The molecule has 0 aromatic heterocycles. The van der Waals surface area contributed by atoms with Crippen LogP contribution in [0.2, 0.25) is 0 Å². The van der Waals surface area contributed by atoms with E-state index in [9.17, 15) is 9.59 Å². The minimum absolute atomic E-state index is 0.0154. The van der Waals surface area contributed by atoms with Crippen molar-refractivity contribution in [2.45, 2.75) is 13.3 Å². The van der Waals surface area contributed by atoms with E-state index in [0.29, 0.717) is 19.6 Å². The Morgan fingerprint density at radius 2 is 2.00 bits per heavy atom. The van der Waals surface area contributed by atoms with Gasteiger partial charge in [-0.2, -0.15) is 0 Å². The third kappa shape index (κ3) is 4.57. The van der Waals surface area contributed by atoms with E-state index in [-0.39, 0.29) is 11.9 Å². The molecule has 2 rings (SSSR count). The van der Waals surface area contributed by atoms with Crippen molar-refractivity contribution in [1.29, 1.82) is 0 Å². The van der Waals surface area contributed by atoms with Crippen molar-refractivity contribution in [3.8, 4) is 0 Å². The van der Waals surface area contributed by atoms with Gasteiger partial charge in [0.2, 0.25) is 0 Å². The van der Waals surface area contributed by atoms with E-state index in [0.717, 1.165) is 39.3 Å². The lowest BCUT2D eigenvalue weighted by Crippen LogP contribution is -2.41. The molecule has 120 valence electrons. The second kappa shape index (κ2) is 7.61. The molecule has 2 amide bonds. The molecule has 0 radical (unpaired) electrons. The fourth-order valence-electron chi connectivity index (χ4n) is 2.89. The Morgan fingerprint density at radius 3 is 2.62 bits per heavy atom. The minimum atomic E-state index is -0.815. The largest absolute Gasteiger partial charge is 0.481 e. The summed E-state index contributed by atoms with van der Waals surface area (Å²) in [5.41, 5.74) is 0. The Bertz CT molecular complexity index is 371. The summed E-state index contributed by atoms with van der Waals surface area (Å²) in [7, 11) is 0. The third-order valence-corrected chi connectivity index (χ3v) is 4.25. The zero-order valence-corrected chi connectivity index (χ0v) is 12.6. The van der Waals surface area contributed by atoms with Crippen LogP contribution in [0.15, 0.2) is 0 Å². The van der Waals surface area contributed by atoms with E-state index in [2.05, 4.69) is 10.2 Å². The molecular formula is C14H25N3O4. The average molecular weight is 299 g/mol. The molecule has 21 heavy (non-hydrogen) atoms. The van der Waals surface area contributed by atoms with Crippen LogP contribution >= 0.6 is 0 Å². The first kappa shape index (κ1) is 16.0. The molecule has 0 aliphatic carbocycles. The van der Waals surface area contributed by atoms with Gasteiger partial charge in [0.25, 0.3) is 0 Å². The predicted octanol–water partition coefficient (Wildman–Crippen LogP) is 0.0708. The van der Waals surface area contributed by atoms with Crippen LogP contribution < -0.4 is 5.32 Å². The first-order valence-corrected chi connectivity index (χ1v) is 7.63. The smallest absolute Gasteiger partial charge is 0.317 e. The molecule has 0 aromatic carbocycles. The van der Waals surface area contributed by atoms with Gasteiger partial charge in [-0.3, -0.25) is 9.69 Å². The topological polar surface area (TPSA) is 82.1 Å². The molecule has 2 heterocycles. The average Bonchev–Trinajstić information content (AvgIpc) is 2.87. The van der Waals surface area contributed by atoms with Gasteiger partial charge in [-0.25, -0.2) is 4.79 Å². The number of carboxylic acids is 1. The standard InChI is InChI=1S/C14H25N3O4/c1-11-9-17(10-12(11)13(18)19)14(20)15-3-2-4-16-5-7-21-8-6-16/h11-12H,2-10H2,1H3,(H,15,20)(H,18,19). The van der Waals surface area contributed by atoms with E-state index in [1.54, 1.807) is 4.90 Å². The Kier molecular flexibility index (Phi) is 5.81. The quantitative estimate of drug-likeness (QED) is 0.702. The summed E-state index contributed by atoms with van der Waals surface area (Å²) in [6, 6.07) is -0.146. The van der Waals surface area contributed by atoms with Crippen molar-refractivity contribution in [3.05, 3.63) is 0 Å². The number of rotatable bonds is 5. The Morgan fingerprint density at radius 1 is 1.29 bits per heavy atom. The summed E-state index contributed by atoms with van der Waals surface area (Å²) in [6.45, 7) is 7.78.